The minimum Gasteiger partial charge on any atom is -0.464 e. The summed E-state index contributed by atoms with van der Waals surface area (Å²) in [7, 11) is 0. The first-order valence-corrected chi connectivity index (χ1v) is 9.33. The lowest BCUT2D eigenvalue weighted by atomic mass is 9.95. The van der Waals surface area contributed by atoms with E-state index >= 15 is 0 Å². The average molecular weight is 378 g/mol. The monoisotopic (exact) mass is 378 g/mol. The van der Waals surface area contributed by atoms with Crippen LogP contribution in [0.2, 0.25) is 0 Å². The zero-order valence-corrected chi connectivity index (χ0v) is 17.0. The molecule has 0 aliphatic rings. The third-order valence-electron chi connectivity index (χ3n) is 4.78. The van der Waals surface area contributed by atoms with Gasteiger partial charge in [0.25, 0.3) is 0 Å². The summed E-state index contributed by atoms with van der Waals surface area (Å²) < 4.78 is 5.68. The van der Waals surface area contributed by atoms with Crippen LogP contribution in [-0.4, -0.2) is 11.8 Å². The second kappa shape index (κ2) is 7.50. The Bertz CT molecular complexity index is 1040. The average Bonchev–Trinajstić information content (AvgIpc) is 3.01. The molecule has 3 rings (SSSR count). The summed E-state index contributed by atoms with van der Waals surface area (Å²) in [5, 5.41) is 6.73. The molecule has 146 valence electrons. The van der Waals surface area contributed by atoms with Crippen LogP contribution in [0.4, 0.5) is 11.4 Å². The fourth-order valence-corrected chi connectivity index (χ4v) is 2.90. The summed E-state index contributed by atoms with van der Waals surface area (Å²) in [6.07, 6.45) is 1.87. The Morgan fingerprint density at radius 2 is 1.68 bits per heavy atom. The molecule has 0 saturated carbocycles. The zero-order chi connectivity index (χ0) is 20.5. The van der Waals surface area contributed by atoms with Crippen molar-refractivity contribution in [1.29, 1.82) is 0 Å². The smallest absolute Gasteiger partial charge is 0.229 e. The van der Waals surface area contributed by atoms with Crippen molar-refractivity contribution in [3.63, 3.8) is 0 Å². The molecule has 1 heterocycles. The summed E-state index contributed by atoms with van der Waals surface area (Å²) in [4.78, 5) is 24.7. The van der Waals surface area contributed by atoms with Crippen LogP contribution in [0.25, 0.3) is 11.0 Å². The number of hydrogen-bond donors (Lipinski definition) is 2. The van der Waals surface area contributed by atoms with E-state index in [0.29, 0.717) is 11.4 Å². The molecule has 0 spiro atoms. The molecular formula is C23H26N2O3. The van der Waals surface area contributed by atoms with Crippen LogP contribution in [0, 0.1) is 19.3 Å². The molecule has 5 nitrogen and oxygen atoms in total. The standard InChI is InChI=1S/C23H26N2O3/c1-14-9-10-19-16(13-28-21(19)15(14)2)11-20(26)24-17-7-6-8-18(12-17)25-22(27)23(3,4)5/h6-10,12-13H,11H2,1-5H3,(H,24,26)(H,25,27). The Labute approximate surface area is 165 Å². The Morgan fingerprint density at radius 3 is 2.36 bits per heavy atom. The van der Waals surface area contributed by atoms with Crippen molar-refractivity contribution in [3.8, 4) is 0 Å². The number of anilines is 2. The van der Waals surface area contributed by atoms with E-state index in [1.165, 1.54) is 0 Å². The summed E-state index contributed by atoms with van der Waals surface area (Å²) in [6.45, 7) is 9.61. The van der Waals surface area contributed by atoms with Gasteiger partial charge < -0.3 is 15.1 Å². The van der Waals surface area contributed by atoms with Gasteiger partial charge in [-0.15, -0.1) is 0 Å². The molecule has 0 saturated heterocycles. The van der Waals surface area contributed by atoms with Gasteiger partial charge in [0.05, 0.1) is 12.7 Å². The highest BCUT2D eigenvalue weighted by Gasteiger charge is 2.21. The maximum Gasteiger partial charge on any atom is 0.229 e. The van der Waals surface area contributed by atoms with Crippen LogP contribution in [0.3, 0.4) is 0 Å². The highest BCUT2D eigenvalue weighted by Crippen LogP contribution is 2.27. The van der Waals surface area contributed by atoms with E-state index in [1.54, 1.807) is 30.5 Å². The van der Waals surface area contributed by atoms with E-state index in [1.807, 2.05) is 46.8 Å². The summed E-state index contributed by atoms with van der Waals surface area (Å²) >= 11 is 0. The van der Waals surface area contributed by atoms with E-state index in [2.05, 4.69) is 10.6 Å². The van der Waals surface area contributed by atoms with Gasteiger partial charge in [-0.2, -0.15) is 0 Å². The first kappa shape index (κ1) is 19.7. The molecule has 3 aromatic rings. The van der Waals surface area contributed by atoms with Gasteiger partial charge in [-0.05, 0) is 43.2 Å². The van der Waals surface area contributed by atoms with Crippen molar-refractivity contribution < 1.29 is 14.0 Å². The highest BCUT2D eigenvalue weighted by molar-refractivity contribution is 5.98. The molecule has 5 heteroatoms. The number of fused-ring (bicyclic) bond motifs is 1. The third-order valence-corrected chi connectivity index (χ3v) is 4.78. The molecule has 2 N–H and O–H groups in total. The maximum absolute atomic E-state index is 12.5. The van der Waals surface area contributed by atoms with Crippen molar-refractivity contribution in [3.05, 3.63) is 59.4 Å². The Kier molecular flexibility index (Phi) is 5.27. The Balaban J connectivity index is 1.71. The van der Waals surface area contributed by atoms with Crippen molar-refractivity contribution in [2.24, 2.45) is 5.41 Å². The minimum atomic E-state index is -0.488. The van der Waals surface area contributed by atoms with Crippen molar-refractivity contribution in [2.45, 2.75) is 41.0 Å². The lowest BCUT2D eigenvalue weighted by Crippen LogP contribution is -2.27. The van der Waals surface area contributed by atoms with Crippen LogP contribution in [0.5, 0.6) is 0 Å². The normalized spacial score (nSPS) is 11.5. The molecule has 2 aromatic carbocycles. The second-order valence-electron chi connectivity index (χ2n) is 8.15. The van der Waals surface area contributed by atoms with Crippen LogP contribution in [0.1, 0.15) is 37.5 Å². The number of carbonyl (C=O) groups excluding carboxylic acids is 2. The van der Waals surface area contributed by atoms with Crippen molar-refractivity contribution in [2.75, 3.05) is 10.6 Å². The van der Waals surface area contributed by atoms with Gasteiger partial charge in [0.15, 0.2) is 0 Å². The lowest BCUT2D eigenvalue weighted by Gasteiger charge is -2.18. The van der Waals surface area contributed by atoms with E-state index in [-0.39, 0.29) is 18.2 Å². The van der Waals surface area contributed by atoms with Gasteiger partial charge in [0.1, 0.15) is 5.58 Å². The number of furan rings is 1. The molecule has 1 aromatic heterocycles. The molecule has 0 bridgehead atoms. The molecule has 0 unspecified atom stereocenters. The highest BCUT2D eigenvalue weighted by atomic mass is 16.3. The second-order valence-corrected chi connectivity index (χ2v) is 8.15. The largest absolute Gasteiger partial charge is 0.464 e. The SMILES string of the molecule is Cc1ccc2c(CC(=O)Nc3cccc(NC(=O)C(C)(C)C)c3)coc2c1C. The Hall–Kier alpha value is -3.08. The zero-order valence-electron chi connectivity index (χ0n) is 17.0. The number of rotatable bonds is 4. The molecule has 0 radical (unpaired) electrons. The van der Waals surface area contributed by atoms with E-state index in [4.69, 9.17) is 4.42 Å². The van der Waals surface area contributed by atoms with Gasteiger partial charge in [-0.3, -0.25) is 9.59 Å². The first-order chi connectivity index (χ1) is 13.1. The molecule has 2 amide bonds. The topological polar surface area (TPSA) is 71.3 Å². The summed E-state index contributed by atoms with van der Waals surface area (Å²) in [5.74, 6) is -0.216. The van der Waals surface area contributed by atoms with Crippen molar-refractivity contribution in [1.82, 2.24) is 0 Å². The first-order valence-electron chi connectivity index (χ1n) is 9.33. The third kappa shape index (κ3) is 4.25. The van der Waals surface area contributed by atoms with Crippen LogP contribution >= 0.6 is 0 Å². The lowest BCUT2D eigenvalue weighted by molar-refractivity contribution is -0.123. The van der Waals surface area contributed by atoms with E-state index in [9.17, 15) is 9.59 Å². The number of nitrogens with one attached hydrogen (secondary N) is 2. The molecule has 0 atom stereocenters. The van der Waals surface area contributed by atoms with Gasteiger partial charge in [-0.1, -0.05) is 39.0 Å². The van der Waals surface area contributed by atoms with Gasteiger partial charge in [0.2, 0.25) is 11.8 Å². The predicted molar refractivity (Wildman–Crippen MR) is 113 cm³/mol. The number of carbonyl (C=O) groups is 2. The molecule has 0 aliphatic heterocycles. The summed E-state index contributed by atoms with van der Waals surface area (Å²) in [5.41, 5.74) is 4.73. The molecule has 28 heavy (non-hydrogen) atoms. The number of hydrogen-bond acceptors (Lipinski definition) is 3. The van der Waals surface area contributed by atoms with Gasteiger partial charge in [-0.25, -0.2) is 0 Å². The van der Waals surface area contributed by atoms with Gasteiger partial charge in [0, 0.05) is 27.7 Å². The Morgan fingerprint density at radius 1 is 1.00 bits per heavy atom. The molecule has 0 aliphatic carbocycles. The fraction of sp³-hybridized carbons (Fsp3) is 0.304. The van der Waals surface area contributed by atoms with Crippen LogP contribution in [0.15, 0.2) is 47.1 Å². The van der Waals surface area contributed by atoms with Gasteiger partial charge >= 0.3 is 0 Å². The van der Waals surface area contributed by atoms with Crippen molar-refractivity contribution >= 4 is 34.2 Å². The maximum atomic E-state index is 12.5. The molecule has 0 fully saturated rings. The summed E-state index contributed by atoms with van der Waals surface area (Å²) in [6, 6.07) is 11.2. The number of benzene rings is 2. The quantitative estimate of drug-likeness (QED) is 0.654. The molecular weight excluding hydrogens is 352 g/mol. The number of amides is 2. The van der Waals surface area contributed by atoms with Crippen LogP contribution in [-0.2, 0) is 16.0 Å². The van der Waals surface area contributed by atoms with E-state index < -0.39 is 5.41 Å². The minimum absolute atomic E-state index is 0.0773. The predicted octanol–water partition coefficient (Wildman–Crippen LogP) is 5.22. The van der Waals surface area contributed by atoms with Crippen LogP contribution < -0.4 is 10.6 Å². The fourth-order valence-electron chi connectivity index (χ4n) is 2.90. The number of aryl methyl sites for hydroxylation is 2. The van der Waals surface area contributed by atoms with E-state index in [0.717, 1.165) is 27.7 Å².